The quantitative estimate of drug-likeness (QED) is 0.401. The largest absolute Gasteiger partial charge is 0.478 e. The molecule has 1 aromatic heterocycles. The fourth-order valence-corrected chi connectivity index (χ4v) is 1.59. The number of hydrogen-bond acceptors (Lipinski definition) is 4. The van der Waals surface area contributed by atoms with Crippen LogP contribution in [0.25, 0.3) is 0 Å². The van der Waals surface area contributed by atoms with Gasteiger partial charge in [0.1, 0.15) is 0 Å². The summed E-state index contributed by atoms with van der Waals surface area (Å²) in [5, 5.41) is 6.48. The maximum Gasteiger partial charge on any atom is 0.218 e. The molecule has 0 spiro atoms. The Hall–Kier alpha value is -1.09. The summed E-state index contributed by atoms with van der Waals surface area (Å²) in [6, 6.07) is 3.88. The lowest BCUT2D eigenvalue weighted by Crippen LogP contribution is -2.45. The molecule has 0 amide bonds. The van der Waals surface area contributed by atoms with E-state index in [4.69, 9.17) is 9.47 Å². The molecule has 6 nitrogen and oxygen atoms in total. The van der Waals surface area contributed by atoms with Gasteiger partial charge in [-0.1, -0.05) is 6.07 Å². The first-order valence-corrected chi connectivity index (χ1v) is 7.08. The Morgan fingerprint density at radius 1 is 1.36 bits per heavy atom. The molecule has 0 aliphatic heterocycles. The summed E-state index contributed by atoms with van der Waals surface area (Å²) < 4.78 is 10.9. The van der Waals surface area contributed by atoms with Gasteiger partial charge in [-0.15, -0.1) is 24.0 Å². The van der Waals surface area contributed by atoms with Gasteiger partial charge in [-0.2, -0.15) is 0 Å². The minimum absolute atomic E-state index is 0. The van der Waals surface area contributed by atoms with Gasteiger partial charge in [0, 0.05) is 39.0 Å². The highest BCUT2D eigenvalue weighted by Crippen LogP contribution is 2.13. The summed E-state index contributed by atoms with van der Waals surface area (Å²) >= 11 is 0. The molecule has 0 aromatic carbocycles. The molecule has 1 rings (SSSR count). The highest BCUT2D eigenvalue weighted by molar-refractivity contribution is 14.0. The number of aromatic nitrogens is 1. The lowest BCUT2D eigenvalue weighted by Gasteiger charge is -2.24. The van der Waals surface area contributed by atoms with Crippen LogP contribution in [-0.4, -0.2) is 43.9 Å². The number of pyridine rings is 1. The highest BCUT2D eigenvalue weighted by Gasteiger charge is 2.16. The molecule has 0 radical (unpaired) electrons. The minimum atomic E-state index is -0.248. The van der Waals surface area contributed by atoms with Crippen molar-refractivity contribution in [3.8, 4) is 5.88 Å². The Kier molecular flexibility index (Phi) is 10.1. The number of rotatable bonds is 7. The number of methoxy groups -OCH3 is 1. The fourth-order valence-electron chi connectivity index (χ4n) is 1.59. The first-order valence-electron chi connectivity index (χ1n) is 7.08. The van der Waals surface area contributed by atoms with E-state index in [1.165, 1.54) is 0 Å². The molecular weight excluding hydrogens is 395 g/mol. The van der Waals surface area contributed by atoms with Gasteiger partial charge in [-0.3, -0.25) is 4.99 Å². The standard InChI is InChI=1S/C15H26N4O2.HI/c1-6-21-13-12(8-7-9-17-13)10-18-14(16-4)19-11-15(2,3)20-5;/h7-9H,6,10-11H2,1-5H3,(H2,16,18,19);1H. The first kappa shape index (κ1) is 20.9. The van der Waals surface area contributed by atoms with Crippen LogP contribution in [0.4, 0.5) is 0 Å². The summed E-state index contributed by atoms with van der Waals surface area (Å²) in [7, 11) is 3.43. The van der Waals surface area contributed by atoms with Crippen LogP contribution in [0, 0.1) is 0 Å². The predicted octanol–water partition coefficient (Wildman–Crippen LogP) is 2.19. The van der Waals surface area contributed by atoms with Crippen molar-refractivity contribution in [2.75, 3.05) is 27.3 Å². The van der Waals surface area contributed by atoms with Crippen molar-refractivity contribution in [3.63, 3.8) is 0 Å². The average Bonchev–Trinajstić information content (AvgIpc) is 2.49. The van der Waals surface area contributed by atoms with Crippen LogP contribution in [0.3, 0.4) is 0 Å². The van der Waals surface area contributed by atoms with Gasteiger partial charge in [-0.05, 0) is 26.8 Å². The first-order chi connectivity index (χ1) is 10.0. The fraction of sp³-hybridized carbons (Fsp3) is 0.600. The van der Waals surface area contributed by atoms with Gasteiger partial charge < -0.3 is 20.1 Å². The van der Waals surface area contributed by atoms with Gasteiger partial charge in [0.2, 0.25) is 5.88 Å². The second-order valence-corrected chi connectivity index (χ2v) is 5.14. The summed E-state index contributed by atoms with van der Waals surface area (Å²) in [5.41, 5.74) is 0.746. The van der Waals surface area contributed by atoms with Crippen molar-refractivity contribution in [3.05, 3.63) is 23.9 Å². The van der Waals surface area contributed by atoms with Crippen molar-refractivity contribution >= 4 is 29.9 Å². The van der Waals surface area contributed by atoms with Crippen LogP contribution in [0.2, 0.25) is 0 Å². The zero-order valence-corrected chi connectivity index (χ0v) is 16.3. The number of ether oxygens (including phenoxy) is 2. The van der Waals surface area contributed by atoms with Crippen molar-refractivity contribution in [2.45, 2.75) is 32.9 Å². The van der Waals surface area contributed by atoms with E-state index in [-0.39, 0.29) is 29.6 Å². The van der Waals surface area contributed by atoms with Crippen molar-refractivity contribution in [2.24, 2.45) is 4.99 Å². The number of aliphatic imine (C=N–C) groups is 1. The molecule has 0 unspecified atom stereocenters. The SMILES string of the molecule is CCOc1ncccc1CNC(=NC)NCC(C)(C)OC.I. The Bertz CT molecular complexity index is 467. The molecule has 7 heteroatoms. The molecule has 0 aliphatic carbocycles. The summed E-state index contributed by atoms with van der Waals surface area (Å²) in [5.74, 6) is 1.37. The molecule has 0 aliphatic rings. The Morgan fingerprint density at radius 2 is 2.09 bits per heavy atom. The van der Waals surface area contributed by atoms with E-state index >= 15 is 0 Å². The van der Waals surface area contributed by atoms with Crippen LogP contribution < -0.4 is 15.4 Å². The highest BCUT2D eigenvalue weighted by atomic mass is 127. The summed E-state index contributed by atoms with van der Waals surface area (Å²) in [6.45, 7) is 7.83. The molecule has 0 atom stereocenters. The van der Waals surface area contributed by atoms with E-state index in [1.54, 1.807) is 20.4 Å². The van der Waals surface area contributed by atoms with Gasteiger partial charge in [0.15, 0.2) is 5.96 Å². The summed E-state index contributed by atoms with van der Waals surface area (Å²) in [4.78, 5) is 8.42. The molecule has 0 saturated heterocycles. The van der Waals surface area contributed by atoms with Crippen LogP contribution >= 0.6 is 24.0 Å². The number of halogens is 1. The molecule has 2 N–H and O–H groups in total. The maximum absolute atomic E-state index is 5.50. The van der Waals surface area contributed by atoms with Crippen molar-refractivity contribution in [1.29, 1.82) is 0 Å². The summed E-state index contributed by atoms with van der Waals surface area (Å²) in [6.07, 6.45) is 1.72. The number of guanidine groups is 1. The minimum Gasteiger partial charge on any atom is -0.478 e. The zero-order valence-electron chi connectivity index (χ0n) is 14.0. The predicted molar refractivity (Wildman–Crippen MR) is 100 cm³/mol. The second-order valence-electron chi connectivity index (χ2n) is 5.14. The van der Waals surface area contributed by atoms with E-state index in [0.717, 1.165) is 5.56 Å². The molecule has 0 fully saturated rings. The molecule has 0 bridgehead atoms. The van der Waals surface area contributed by atoms with E-state index in [0.29, 0.717) is 31.5 Å². The third-order valence-electron chi connectivity index (χ3n) is 3.04. The molecule has 126 valence electrons. The normalized spacial score (nSPS) is 11.6. The lowest BCUT2D eigenvalue weighted by molar-refractivity contribution is 0.0268. The number of nitrogens with one attached hydrogen (secondary N) is 2. The molecule has 22 heavy (non-hydrogen) atoms. The van der Waals surface area contributed by atoms with E-state index < -0.39 is 0 Å². The van der Waals surface area contributed by atoms with E-state index in [1.807, 2.05) is 32.9 Å². The van der Waals surface area contributed by atoms with Crippen LogP contribution in [0.1, 0.15) is 26.3 Å². The monoisotopic (exact) mass is 422 g/mol. The van der Waals surface area contributed by atoms with Crippen molar-refractivity contribution < 1.29 is 9.47 Å². The molecule has 1 heterocycles. The zero-order chi connectivity index (χ0) is 15.7. The molecule has 0 saturated carbocycles. The lowest BCUT2D eigenvalue weighted by atomic mass is 10.1. The third-order valence-corrected chi connectivity index (χ3v) is 3.04. The van der Waals surface area contributed by atoms with Gasteiger partial charge >= 0.3 is 0 Å². The van der Waals surface area contributed by atoms with Gasteiger partial charge in [0.25, 0.3) is 0 Å². The number of nitrogens with zero attached hydrogens (tertiary/aromatic N) is 2. The van der Waals surface area contributed by atoms with Gasteiger partial charge in [0.05, 0.1) is 12.2 Å². The Balaban J connectivity index is 0.00000441. The Morgan fingerprint density at radius 3 is 2.68 bits per heavy atom. The van der Waals surface area contributed by atoms with Crippen LogP contribution in [0.15, 0.2) is 23.3 Å². The topological polar surface area (TPSA) is 67.8 Å². The maximum atomic E-state index is 5.50. The second kappa shape index (κ2) is 10.6. The Labute approximate surface area is 150 Å². The van der Waals surface area contributed by atoms with E-state index in [2.05, 4.69) is 20.6 Å². The smallest absolute Gasteiger partial charge is 0.218 e. The third kappa shape index (κ3) is 7.26. The van der Waals surface area contributed by atoms with Crippen LogP contribution in [0.5, 0.6) is 5.88 Å². The van der Waals surface area contributed by atoms with Gasteiger partial charge in [-0.25, -0.2) is 4.98 Å². The van der Waals surface area contributed by atoms with Crippen LogP contribution in [-0.2, 0) is 11.3 Å². The molecular formula is C15H27IN4O2. The van der Waals surface area contributed by atoms with Crippen molar-refractivity contribution in [1.82, 2.24) is 15.6 Å². The number of hydrogen-bond donors (Lipinski definition) is 2. The average molecular weight is 422 g/mol. The van der Waals surface area contributed by atoms with E-state index in [9.17, 15) is 0 Å². The molecule has 1 aromatic rings.